The first kappa shape index (κ1) is 18.3. The maximum atomic E-state index is 12.6. The molecule has 1 unspecified atom stereocenters. The highest BCUT2D eigenvalue weighted by Crippen LogP contribution is 2.32. The molecule has 28 heavy (non-hydrogen) atoms. The molecule has 0 spiro atoms. The molecule has 1 aliphatic rings. The summed E-state index contributed by atoms with van der Waals surface area (Å²) in [7, 11) is 0. The van der Waals surface area contributed by atoms with Crippen molar-refractivity contribution in [2.75, 3.05) is 13.2 Å². The van der Waals surface area contributed by atoms with E-state index in [1.54, 1.807) is 29.8 Å². The summed E-state index contributed by atoms with van der Waals surface area (Å²) in [6.45, 7) is 3.45. The molecule has 7 heteroatoms. The number of amides is 1. The fourth-order valence-electron chi connectivity index (χ4n) is 2.86. The number of ether oxygens (including phenoxy) is 3. The lowest BCUT2D eigenvalue weighted by Gasteiger charge is -2.21. The van der Waals surface area contributed by atoms with Gasteiger partial charge in [0, 0.05) is 10.9 Å². The summed E-state index contributed by atoms with van der Waals surface area (Å²) in [5.74, 6) is 2.01. The molecule has 0 fully saturated rings. The van der Waals surface area contributed by atoms with Crippen LogP contribution in [-0.2, 0) is 6.61 Å². The fourth-order valence-corrected chi connectivity index (χ4v) is 3.40. The van der Waals surface area contributed by atoms with E-state index in [0.29, 0.717) is 36.9 Å². The summed E-state index contributed by atoms with van der Waals surface area (Å²) in [5.41, 5.74) is 4.20. The van der Waals surface area contributed by atoms with E-state index in [1.807, 2.05) is 30.5 Å². The summed E-state index contributed by atoms with van der Waals surface area (Å²) in [5, 5.41) is 4.95. The summed E-state index contributed by atoms with van der Waals surface area (Å²) in [4.78, 5) is 16.7. The number of nitrogens with one attached hydrogen (secondary N) is 1. The lowest BCUT2D eigenvalue weighted by molar-refractivity contribution is 0.0939. The SMILES string of the molecule is CC(NC(=O)c1ccc(OCc2cscn2)cc1)c1ccc2c(c1)OCCO2. The van der Waals surface area contributed by atoms with Crippen LogP contribution in [0.2, 0.25) is 0 Å². The molecule has 0 saturated carbocycles. The predicted octanol–water partition coefficient (Wildman–Crippen LogP) is 3.98. The van der Waals surface area contributed by atoms with Gasteiger partial charge in [0.25, 0.3) is 5.91 Å². The van der Waals surface area contributed by atoms with Crippen molar-refractivity contribution in [1.82, 2.24) is 10.3 Å². The van der Waals surface area contributed by atoms with E-state index in [2.05, 4.69) is 10.3 Å². The van der Waals surface area contributed by atoms with Crippen LogP contribution in [0.15, 0.2) is 53.4 Å². The number of carbonyl (C=O) groups excluding carboxylic acids is 1. The van der Waals surface area contributed by atoms with Crippen LogP contribution in [0.3, 0.4) is 0 Å². The van der Waals surface area contributed by atoms with Gasteiger partial charge in [0.2, 0.25) is 0 Å². The Bertz CT molecular complexity index is 942. The molecule has 144 valence electrons. The van der Waals surface area contributed by atoms with Crippen molar-refractivity contribution >= 4 is 17.2 Å². The molecule has 1 amide bonds. The van der Waals surface area contributed by atoms with Gasteiger partial charge in [-0.15, -0.1) is 11.3 Å². The average molecular weight is 396 g/mol. The van der Waals surface area contributed by atoms with Gasteiger partial charge >= 0.3 is 0 Å². The Labute approximate surface area is 167 Å². The number of benzene rings is 2. The van der Waals surface area contributed by atoms with Gasteiger partial charge in [-0.2, -0.15) is 0 Å². The van der Waals surface area contributed by atoms with Crippen molar-refractivity contribution in [3.63, 3.8) is 0 Å². The van der Waals surface area contributed by atoms with Crippen LogP contribution in [0.4, 0.5) is 0 Å². The Balaban J connectivity index is 1.36. The number of hydrogen-bond acceptors (Lipinski definition) is 6. The van der Waals surface area contributed by atoms with Crippen LogP contribution in [0.25, 0.3) is 0 Å². The Morgan fingerprint density at radius 2 is 1.96 bits per heavy atom. The van der Waals surface area contributed by atoms with Crippen molar-refractivity contribution in [2.24, 2.45) is 0 Å². The standard InChI is InChI=1S/C21H20N2O4S/c1-14(16-4-7-19-20(10-16)26-9-8-25-19)23-21(24)15-2-5-18(6-3-15)27-11-17-12-28-13-22-17/h2-7,10,12-14H,8-9,11H2,1H3,(H,23,24). The van der Waals surface area contributed by atoms with Crippen molar-refractivity contribution in [1.29, 1.82) is 0 Å². The molecule has 2 aromatic carbocycles. The van der Waals surface area contributed by atoms with Crippen LogP contribution in [0.5, 0.6) is 17.2 Å². The zero-order valence-corrected chi connectivity index (χ0v) is 16.2. The predicted molar refractivity (Wildman–Crippen MR) is 106 cm³/mol. The van der Waals surface area contributed by atoms with Gasteiger partial charge in [0.05, 0.1) is 17.2 Å². The number of thiazole rings is 1. The molecule has 0 radical (unpaired) electrons. The second kappa shape index (κ2) is 8.31. The van der Waals surface area contributed by atoms with Gasteiger partial charge in [-0.25, -0.2) is 4.98 Å². The number of hydrogen-bond donors (Lipinski definition) is 1. The van der Waals surface area contributed by atoms with E-state index < -0.39 is 0 Å². The Hall–Kier alpha value is -3.06. The van der Waals surface area contributed by atoms with E-state index in [9.17, 15) is 4.79 Å². The minimum absolute atomic E-state index is 0.145. The molecular formula is C21H20N2O4S. The number of aromatic nitrogens is 1. The topological polar surface area (TPSA) is 69.7 Å². The van der Waals surface area contributed by atoms with E-state index in [4.69, 9.17) is 14.2 Å². The molecule has 0 aliphatic carbocycles. The maximum Gasteiger partial charge on any atom is 0.251 e. The van der Waals surface area contributed by atoms with Crippen LogP contribution >= 0.6 is 11.3 Å². The Morgan fingerprint density at radius 1 is 1.18 bits per heavy atom. The quantitative estimate of drug-likeness (QED) is 0.682. The first-order valence-electron chi connectivity index (χ1n) is 8.99. The maximum absolute atomic E-state index is 12.6. The minimum atomic E-state index is -0.163. The summed E-state index contributed by atoms with van der Waals surface area (Å²) < 4.78 is 16.8. The average Bonchev–Trinajstić information content (AvgIpc) is 3.26. The number of carbonyl (C=O) groups is 1. The largest absolute Gasteiger partial charge is 0.487 e. The van der Waals surface area contributed by atoms with Crippen LogP contribution in [-0.4, -0.2) is 24.1 Å². The summed E-state index contributed by atoms with van der Waals surface area (Å²) in [6.07, 6.45) is 0. The van der Waals surface area contributed by atoms with Crippen LogP contribution < -0.4 is 19.5 Å². The van der Waals surface area contributed by atoms with Crippen molar-refractivity contribution in [3.05, 3.63) is 70.2 Å². The number of fused-ring (bicyclic) bond motifs is 1. The minimum Gasteiger partial charge on any atom is -0.487 e. The van der Waals surface area contributed by atoms with Crippen LogP contribution in [0, 0.1) is 0 Å². The van der Waals surface area contributed by atoms with Crippen molar-refractivity contribution in [2.45, 2.75) is 19.6 Å². The molecule has 3 aromatic rings. The lowest BCUT2D eigenvalue weighted by Crippen LogP contribution is -2.26. The highest BCUT2D eigenvalue weighted by molar-refractivity contribution is 7.07. The van der Waals surface area contributed by atoms with E-state index in [-0.39, 0.29) is 11.9 Å². The van der Waals surface area contributed by atoms with Gasteiger partial charge in [0.1, 0.15) is 25.6 Å². The molecular weight excluding hydrogens is 376 g/mol. The third kappa shape index (κ3) is 4.26. The molecule has 0 bridgehead atoms. The third-order valence-electron chi connectivity index (χ3n) is 4.40. The smallest absolute Gasteiger partial charge is 0.251 e. The molecule has 1 atom stereocenters. The summed E-state index contributed by atoms with van der Waals surface area (Å²) >= 11 is 1.53. The third-order valence-corrected chi connectivity index (χ3v) is 5.04. The molecule has 1 aliphatic heterocycles. The molecule has 1 N–H and O–H groups in total. The normalized spacial score (nSPS) is 13.6. The molecule has 0 saturated heterocycles. The second-order valence-corrected chi connectivity index (χ2v) is 7.11. The van der Waals surface area contributed by atoms with Crippen molar-refractivity contribution < 1.29 is 19.0 Å². The molecule has 2 heterocycles. The first-order chi connectivity index (χ1) is 13.7. The highest BCUT2D eigenvalue weighted by atomic mass is 32.1. The second-order valence-electron chi connectivity index (χ2n) is 6.39. The molecule has 4 rings (SSSR count). The summed E-state index contributed by atoms with van der Waals surface area (Å²) in [6, 6.07) is 12.6. The number of rotatable bonds is 6. The lowest BCUT2D eigenvalue weighted by atomic mass is 10.1. The monoisotopic (exact) mass is 396 g/mol. The van der Waals surface area contributed by atoms with Gasteiger partial charge in [-0.05, 0) is 48.9 Å². The van der Waals surface area contributed by atoms with Gasteiger partial charge in [-0.3, -0.25) is 4.79 Å². The van der Waals surface area contributed by atoms with E-state index in [0.717, 1.165) is 17.0 Å². The molecule has 1 aromatic heterocycles. The van der Waals surface area contributed by atoms with Gasteiger partial charge in [-0.1, -0.05) is 6.07 Å². The molecule has 6 nitrogen and oxygen atoms in total. The highest BCUT2D eigenvalue weighted by Gasteiger charge is 2.16. The van der Waals surface area contributed by atoms with Gasteiger partial charge < -0.3 is 19.5 Å². The van der Waals surface area contributed by atoms with Crippen molar-refractivity contribution in [3.8, 4) is 17.2 Å². The van der Waals surface area contributed by atoms with Crippen LogP contribution in [0.1, 0.15) is 34.6 Å². The van der Waals surface area contributed by atoms with Gasteiger partial charge in [0.15, 0.2) is 11.5 Å². The van der Waals surface area contributed by atoms with E-state index in [1.165, 1.54) is 11.3 Å². The first-order valence-corrected chi connectivity index (χ1v) is 9.93. The van der Waals surface area contributed by atoms with E-state index >= 15 is 0 Å². The Morgan fingerprint density at radius 3 is 2.71 bits per heavy atom. The zero-order chi connectivity index (χ0) is 19.3. The fraction of sp³-hybridized carbons (Fsp3) is 0.238. The number of nitrogens with zero attached hydrogens (tertiary/aromatic N) is 1. The zero-order valence-electron chi connectivity index (χ0n) is 15.4. The Kier molecular flexibility index (Phi) is 5.43.